The first-order chi connectivity index (χ1) is 9.46. The predicted octanol–water partition coefficient (Wildman–Crippen LogP) is 2.35. The van der Waals surface area contributed by atoms with Crippen LogP contribution in [-0.4, -0.2) is 32.7 Å². The highest BCUT2D eigenvalue weighted by atomic mass is 79.9. The summed E-state index contributed by atoms with van der Waals surface area (Å²) in [6.07, 6.45) is 1.85. The Bertz CT molecular complexity index is 704. The number of nitrogens with one attached hydrogen (secondary N) is 2. The van der Waals surface area contributed by atoms with Gasteiger partial charge in [0.05, 0.1) is 11.8 Å². The Morgan fingerprint density at radius 2 is 2.00 bits per heavy atom. The van der Waals surface area contributed by atoms with Crippen LogP contribution in [0.1, 0.15) is 6.42 Å². The van der Waals surface area contributed by atoms with Gasteiger partial charge >= 0.3 is 0 Å². The summed E-state index contributed by atoms with van der Waals surface area (Å²) in [6, 6.07) is 9.85. The molecule has 0 bridgehead atoms. The second-order valence-electron chi connectivity index (χ2n) is 4.45. The van der Waals surface area contributed by atoms with E-state index in [9.17, 15) is 8.42 Å². The van der Waals surface area contributed by atoms with E-state index in [-0.39, 0.29) is 0 Å². The molecule has 0 radical (unpaired) electrons. The molecule has 0 aliphatic rings. The van der Waals surface area contributed by atoms with Gasteiger partial charge in [-0.1, -0.05) is 12.1 Å². The number of anilines is 1. The van der Waals surface area contributed by atoms with Crippen molar-refractivity contribution in [2.45, 2.75) is 6.42 Å². The number of halogens is 1. The van der Waals surface area contributed by atoms with Crippen molar-refractivity contribution in [2.75, 3.05) is 24.7 Å². The zero-order valence-corrected chi connectivity index (χ0v) is 13.5. The highest BCUT2D eigenvalue weighted by molar-refractivity contribution is 9.10. The first kappa shape index (κ1) is 15.2. The molecule has 0 aliphatic carbocycles. The van der Waals surface area contributed by atoms with Gasteiger partial charge in [0.15, 0.2) is 0 Å². The third-order valence-electron chi connectivity index (χ3n) is 2.69. The van der Waals surface area contributed by atoms with Crippen LogP contribution in [0.15, 0.2) is 34.8 Å². The lowest BCUT2D eigenvalue weighted by molar-refractivity contribution is 0.586. The van der Waals surface area contributed by atoms with Gasteiger partial charge in [0, 0.05) is 22.9 Å². The second kappa shape index (κ2) is 6.51. The zero-order chi connectivity index (χ0) is 14.6. The van der Waals surface area contributed by atoms with Crippen LogP contribution < -0.4 is 10.0 Å². The highest BCUT2D eigenvalue weighted by Crippen LogP contribution is 2.23. The minimum Gasteiger partial charge on any atom is -0.370 e. The van der Waals surface area contributed by atoms with E-state index in [1.807, 2.05) is 30.3 Å². The van der Waals surface area contributed by atoms with Crippen molar-refractivity contribution >= 4 is 42.7 Å². The molecule has 20 heavy (non-hydrogen) atoms. The van der Waals surface area contributed by atoms with Crippen LogP contribution in [-0.2, 0) is 10.0 Å². The Kier molecular flexibility index (Phi) is 4.95. The van der Waals surface area contributed by atoms with E-state index < -0.39 is 10.0 Å². The van der Waals surface area contributed by atoms with Gasteiger partial charge in [0.2, 0.25) is 10.0 Å². The quantitative estimate of drug-likeness (QED) is 0.778. The third kappa shape index (κ3) is 4.43. The van der Waals surface area contributed by atoms with Crippen LogP contribution in [0.25, 0.3) is 10.9 Å². The number of benzene rings is 1. The van der Waals surface area contributed by atoms with Crippen molar-refractivity contribution < 1.29 is 8.42 Å². The SMILES string of the molecule is CS(=O)(=O)NCCCNc1ccc2cccc(Br)c2n1. The number of para-hydroxylation sites is 1. The van der Waals surface area contributed by atoms with Crippen molar-refractivity contribution in [1.82, 2.24) is 9.71 Å². The third-order valence-corrected chi connectivity index (χ3v) is 4.06. The molecule has 1 aromatic heterocycles. The molecular formula is C13H16BrN3O2S. The smallest absolute Gasteiger partial charge is 0.208 e. The summed E-state index contributed by atoms with van der Waals surface area (Å²) in [5.74, 6) is 0.781. The molecule has 1 heterocycles. The van der Waals surface area contributed by atoms with Crippen LogP contribution in [0.4, 0.5) is 5.82 Å². The van der Waals surface area contributed by atoms with Crippen LogP contribution in [0.5, 0.6) is 0 Å². The molecule has 2 N–H and O–H groups in total. The van der Waals surface area contributed by atoms with Crippen molar-refractivity contribution in [3.8, 4) is 0 Å². The van der Waals surface area contributed by atoms with E-state index in [2.05, 4.69) is 31.0 Å². The topological polar surface area (TPSA) is 71.1 Å². The van der Waals surface area contributed by atoms with Crippen molar-refractivity contribution in [3.63, 3.8) is 0 Å². The maximum atomic E-state index is 10.9. The van der Waals surface area contributed by atoms with Gasteiger partial charge in [0.1, 0.15) is 5.82 Å². The molecule has 2 rings (SSSR count). The average molecular weight is 358 g/mol. The summed E-state index contributed by atoms with van der Waals surface area (Å²) in [4.78, 5) is 4.52. The molecule has 0 aliphatic heterocycles. The van der Waals surface area contributed by atoms with Gasteiger partial charge in [-0.2, -0.15) is 0 Å². The van der Waals surface area contributed by atoms with Crippen LogP contribution in [0, 0.1) is 0 Å². The molecule has 5 nitrogen and oxygen atoms in total. The molecule has 1 aromatic carbocycles. The molecular weight excluding hydrogens is 342 g/mol. The fourth-order valence-electron chi connectivity index (χ4n) is 1.77. The lowest BCUT2D eigenvalue weighted by atomic mass is 10.2. The lowest BCUT2D eigenvalue weighted by Gasteiger charge is -2.07. The molecule has 108 valence electrons. The normalized spacial score (nSPS) is 11.7. The minimum absolute atomic E-state index is 0.420. The number of sulfonamides is 1. The molecule has 0 atom stereocenters. The monoisotopic (exact) mass is 357 g/mol. The van der Waals surface area contributed by atoms with Gasteiger partial charge in [-0.3, -0.25) is 0 Å². The largest absolute Gasteiger partial charge is 0.370 e. The van der Waals surface area contributed by atoms with E-state index in [0.29, 0.717) is 19.5 Å². The fourth-order valence-corrected chi connectivity index (χ4v) is 2.76. The summed E-state index contributed by atoms with van der Waals surface area (Å²) in [5, 5.41) is 4.26. The zero-order valence-electron chi connectivity index (χ0n) is 11.1. The number of hydrogen-bond acceptors (Lipinski definition) is 4. The van der Waals surface area contributed by atoms with Gasteiger partial charge in [-0.15, -0.1) is 0 Å². The van der Waals surface area contributed by atoms with Crippen LogP contribution in [0.2, 0.25) is 0 Å². The molecule has 0 saturated carbocycles. The number of rotatable bonds is 6. The Balaban J connectivity index is 1.92. The fraction of sp³-hybridized carbons (Fsp3) is 0.308. The first-order valence-corrected chi connectivity index (χ1v) is 8.88. The van der Waals surface area contributed by atoms with Crippen LogP contribution in [0.3, 0.4) is 0 Å². The number of hydrogen-bond donors (Lipinski definition) is 2. The van der Waals surface area contributed by atoms with Crippen molar-refractivity contribution in [2.24, 2.45) is 0 Å². The Morgan fingerprint density at radius 3 is 2.75 bits per heavy atom. The number of pyridine rings is 1. The molecule has 0 unspecified atom stereocenters. The van der Waals surface area contributed by atoms with E-state index in [4.69, 9.17) is 0 Å². The standard InChI is InChI=1S/C13H16BrN3O2S/c1-20(18,19)16-9-3-8-15-12-7-6-10-4-2-5-11(14)13(10)17-12/h2,4-7,16H,3,8-9H2,1H3,(H,15,17). The Morgan fingerprint density at radius 1 is 1.20 bits per heavy atom. The van der Waals surface area contributed by atoms with Gasteiger partial charge in [0.25, 0.3) is 0 Å². The van der Waals surface area contributed by atoms with Gasteiger partial charge < -0.3 is 5.32 Å². The van der Waals surface area contributed by atoms with Crippen molar-refractivity contribution in [3.05, 3.63) is 34.8 Å². The van der Waals surface area contributed by atoms with Crippen LogP contribution >= 0.6 is 15.9 Å². The Hall–Kier alpha value is -1.18. The lowest BCUT2D eigenvalue weighted by Crippen LogP contribution is -2.24. The van der Waals surface area contributed by atoms with E-state index >= 15 is 0 Å². The molecule has 0 spiro atoms. The summed E-state index contributed by atoms with van der Waals surface area (Å²) < 4.78 is 25.2. The average Bonchev–Trinajstić information content (AvgIpc) is 2.38. The highest BCUT2D eigenvalue weighted by Gasteiger charge is 2.02. The molecule has 2 aromatic rings. The summed E-state index contributed by atoms with van der Waals surface area (Å²) in [5.41, 5.74) is 0.909. The maximum Gasteiger partial charge on any atom is 0.208 e. The van der Waals surface area contributed by atoms with E-state index in [0.717, 1.165) is 27.4 Å². The van der Waals surface area contributed by atoms with Gasteiger partial charge in [-0.25, -0.2) is 18.1 Å². The summed E-state index contributed by atoms with van der Waals surface area (Å²) in [7, 11) is -3.10. The number of nitrogens with zero attached hydrogens (tertiary/aromatic N) is 1. The van der Waals surface area contributed by atoms with Crippen molar-refractivity contribution in [1.29, 1.82) is 0 Å². The minimum atomic E-state index is -3.10. The van der Waals surface area contributed by atoms with E-state index in [1.54, 1.807) is 0 Å². The predicted molar refractivity (Wildman–Crippen MR) is 85.4 cm³/mol. The molecule has 7 heteroatoms. The number of aromatic nitrogens is 1. The summed E-state index contributed by atoms with van der Waals surface area (Å²) >= 11 is 3.48. The molecule has 0 fully saturated rings. The van der Waals surface area contributed by atoms with Gasteiger partial charge in [-0.05, 0) is 40.5 Å². The van der Waals surface area contributed by atoms with E-state index in [1.165, 1.54) is 0 Å². The number of fused-ring (bicyclic) bond motifs is 1. The molecule has 0 saturated heterocycles. The maximum absolute atomic E-state index is 10.9. The Labute approximate surface area is 127 Å². The molecule has 0 amide bonds. The summed E-state index contributed by atoms with van der Waals surface area (Å²) in [6.45, 7) is 1.08. The first-order valence-electron chi connectivity index (χ1n) is 6.19. The second-order valence-corrected chi connectivity index (χ2v) is 7.14.